The Hall–Kier alpha value is -3.38. The van der Waals surface area contributed by atoms with E-state index < -0.39 is 0 Å². The lowest BCUT2D eigenvalue weighted by Crippen LogP contribution is -2.44. The molecule has 148 valence electrons. The average molecular weight is 389 g/mol. The van der Waals surface area contributed by atoms with Gasteiger partial charge in [-0.2, -0.15) is 0 Å². The van der Waals surface area contributed by atoms with Gasteiger partial charge in [-0.25, -0.2) is 0 Å². The number of benzene rings is 2. The highest BCUT2D eigenvalue weighted by atomic mass is 16.3. The number of carbonyl (C=O) groups excluding carboxylic acids is 1. The third kappa shape index (κ3) is 4.38. The Balaban J connectivity index is 1.41. The number of anilines is 2. The van der Waals surface area contributed by atoms with Gasteiger partial charge in [0.2, 0.25) is 5.91 Å². The van der Waals surface area contributed by atoms with Crippen LogP contribution in [-0.4, -0.2) is 44.0 Å². The van der Waals surface area contributed by atoms with Crippen LogP contribution in [0.25, 0.3) is 17.0 Å². The van der Waals surface area contributed by atoms with E-state index in [4.69, 9.17) is 4.42 Å². The number of likely N-dealkylation sites (N-methyl/N-ethyl adjacent to an activating group) is 1. The van der Waals surface area contributed by atoms with Crippen molar-refractivity contribution in [1.29, 1.82) is 0 Å². The minimum absolute atomic E-state index is 0.160. The smallest absolute Gasteiger partial charge is 0.248 e. The quantitative estimate of drug-likeness (QED) is 0.694. The lowest BCUT2D eigenvalue weighted by Gasteiger charge is -2.34. The third-order valence-electron chi connectivity index (χ3n) is 5.12. The van der Waals surface area contributed by atoms with Crippen molar-refractivity contribution in [1.82, 2.24) is 4.90 Å². The van der Waals surface area contributed by atoms with Crippen LogP contribution in [0.3, 0.4) is 0 Å². The molecular weight excluding hydrogens is 366 g/mol. The van der Waals surface area contributed by atoms with E-state index in [9.17, 15) is 9.59 Å². The summed E-state index contributed by atoms with van der Waals surface area (Å²) in [5.74, 6) is -0.301. The third-order valence-corrected chi connectivity index (χ3v) is 5.12. The molecule has 0 atom stereocenters. The first kappa shape index (κ1) is 19.0. The SMILES string of the molecule is CN1CCN(c2ccc(NC(=O)/C=C/c3coc4ccccc4c3=O)cc2)CC1. The minimum atomic E-state index is -0.301. The number of carbonyl (C=O) groups is 1. The summed E-state index contributed by atoms with van der Waals surface area (Å²) in [4.78, 5) is 29.3. The summed E-state index contributed by atoms with van der Waals surface area (Å²) in [6, 6.07) is 14.9. The van der Waals surface area contributed by atoms with Gasteiger partial charge in [0.1, 0.15) is 11.8 Å². The van der Waals surface area contributed by atoms with Gasteiger partial charge in [0, 0.05) is 43.6 Å². The summed E-state index contributed by atoms with van der Waals surface area (Å²) in [7, 11) is 2.13. The molecule has 0 spiro atoms. The molecule has 3 aromatic rings. The Kier molecular flexibility index (Phi) is 5.44. The Morgan fingerprint density at radius 3 is 2.52 bits per heavy atom. The van der Waals surface area contributed by atoms with Crippen molar-refractivity contribution in [2.24, 2.45) is 0 Å². The largest absolute Gasteiger partial charge is 0.463 e. The first-order valence-corrected chi connectivity index (χ1v) is 9.63. The van der Waals surface area contributed by atoms with Gasteiger partial charge < -0.3 is 19.5 Å². The van der Waals surface area contributed by atoms with E-state index in [2.05, 4.69) is 22.2 Å². The van der Waals surface area contributed by atoms with Crippen molar-refractivity contribution in [3.8, 4) is 0 Å². The summed E-state index contributed by atoms with van der Waals surface area (Å²) in [5, 5.41) is 3.32. The van der Waals surface area contributed by atoms with Crippen molar-refractivity contribution < 1.29 is 9.21 Å². The van der Waals surface area contributed by atoms with Gasteiger partial charge in [-0.1, -0.05) is 12.1 Å². The van der Waals surface area contributed by atoms with E-state index in [-0.39, 0.29) is 11.3 Å². The Morgan fingerprint density at radius 2 is 1.76 bits per heavy atom. The maximum atomic E-state index is 12.5. The molecule has 0 saturated carbocycles. The van der Waals surface area contributed by atoms with Gasteiger partial charge in [-0.3, -0.25) is 9.59 Å². The number of hydrogen-bond donors (Lipinski definition) is 1. The normalized spacial score (nSPS) is 15.1. The molecule has 6 nitrogen and oxygen atoms in total. The highest BCUT2D eigenvalue weighted by Gasteiger charge is 2.14. The molecule has 0 radical (unpaired) electrons. The van der Waals surface area contributed by atoms with Gasteiger partial charge in [-0.05, 0) is 49.5 Å². The number of para-hydroxylation sites is 1. The van der Waals surface area contributed by atoms with E-state index in [0.29, 0.717) is 22.2 Å². The van der Waals surface area contributed by atoms with Crippen molar-refractivity contribution in [2.75, 3.05) is 43.4 Å². The van der Waals surface area contributed by atoms with E-state index in [1.54, 1.807) is 18.2 Å². The number of nitrogens with one attached hydrogen (secondary N) is 1. The summed E-state index contributed by atoms with van der Waals surface area (Å²) < 4.78 is 5.46. The number of nitrogens with zero attached hydrogens (tertiary/aromatic N) is 2. The molecule has 1 saturated heterocycles. The van der Waals surface area contributed by atoms with E-state index in [1.807, 2.05) is 30.3 Å². The fourth-order valence-electron chi connectivity index (χ4n) is 3.38. The van der Waals surface area contributed by atoms with Crippen molar-refractivity contribution in [3.63, 3.8) is 0 Å². The van der Waals surface area contributed by atoms with E-state index >= 15 is 0 Å². The summed E-state index contributed by atoms with van der Waals surface area (Å²) >= 11 is 0. The number of hydrogen-bond acceptors (Lipinski definition) is 5. The Bertz CT molecular complexity index is 1090. The lowest BCUT2D eigenvalue weighted by molar-refractivity contribution is -0.111. The van der Waals surface area contributed by atoms with Crippen molar-refractivity contribution in [3.05, 3.63) is 76.7 Å². The average Bonchev–Trinajstić information content (AvgIpc) is 2.75. The van der Waals surface area contributed by atoms with Gasteiger partial charge in [0.05, 0.1) is 10.9 Å². The first-order valence-electron chi connectivity index (χ1n) is 9.63. The summed E-state index contributed by atoms with van der Waals surface area (Å²) in [5.41, 5.74) is 2.57. The molecule has 4 rings (SSSR count). The zero-order valence-corrected chi connectivity index (χ0v) is 16.3. The van der Waals surface area contributed by atoms with Crippen LogP contribution in [0.15, 0.2) is 70.1 Å². The monoisotopic (exact) mass is 389 g/mol. The van der Waals surface area contributed by atoms with Crippen LogP contribution in [0.4, 0.5) is 11.4 Å². The molecule has 0 unspecified atom stereocenters. The molecule has 0 aliphatic carbocycles. The summed E-state index contributed by atoms with van der Waals surface area (Å²) in [6.07, 6.45) is 4.20. The molecule has 1 aromatic heterocycles. The molecule has 1 fully saturated rings. The fraction of sp³-hybridized carbons (Fsp3) is 0.217. The standard InChI is InChI=1S/C23H23N3O3/c1-25-12-14-26(15-13-25)19-9-7-18(8-10-19)24-22(27)11-6-17-16-29-21-5-3-2-4-20(21)23(17)28/h2-11,16H,12-15H2,1H3,(H,24,27)/b11-6+. The molecule has 6 heteroatoms. The minimum Gasteiger partial charge on any atom is -0.463 e. The van der Waals surface area contributed by atoms with E-state index in [0.717, 1.165) is 31.9 Å². The van der Waals surface area contributed by atoms with Crippen LogP contribution < -0.4 is 15.6 Å². The van der Waals surface area contributed by atoms with Crippen LogP contribution >= 0.6 is 0 Å². The molecule has 1 N–H and O–H groups in total. The molecule has 0 bridgehead atoms. The highest BCUT2D eigenvalue weighted by molar-refractivity contribution is 6.02. The second-order valence-corrected chi connectivity index (χ2v) is 7.18. The number of piperazine rings is 1. The van der Waals surface area contributed by atoms with Crippen molar-refractivity contribution in [2.45, 2.75) is 0 Å². The maximum Gasteiger partial charge on any atom is 0.248 e. The molecular formula is C23H23N3O3. The molecule has 1 amide bonds. The first-order chi connectivity index (χ1) is 14.1. The van der Waals surface area contributed by atoms with Crippen molar-refractivity contribution >= 4 is 34.3 Å². The number of rotatable bonds is 4. The van der Waals surface area contributed by atoms with Crippen LogP contribution in [0.1, 0.15) is 5.56 Å². The molecule has 29 heavy (non-hydrogen) atoms. The molecule has 1 aliphatic rings. The van der Waals surface area contributed by atoms with E-state index in [1.165, 1.54) is 18.4 Å². The maximum absolute atomic E-state index is 12.5. The molecule has 1 aliphatic heterocycles. The van der Waals surface area contributed by atoms with Gasteiger partial charge in [0.25, 0.3) is 0 Å². The Morgan fingerprint density at radius 1 is 1.03 bits per heavy atom. The lowest BCUT2D eigenvalue weighted by atomic mass is 10.1. The van der Waals surface area contributed by atoms with Gasteiger partial charge >= 0.3 is 0 Å². The zero-order chi connectivity index (χ0) is 20.2. The van der Waals surface area contributed by atoms with Crippen LogP contribution in [-0.2, 0) is 4.79 Å². The molecule has 2 aromatic carbocycles. The predicted octanol–water partition coefficient (Wildman–Crippen LogP) is 3.20. The topological polar surface area (TPSA) is 65.8 Å². The second-order valence-electron chi connectivity index (χ2n) is 7.18. The summed E-state index contributed by atoms with van der Waals surface area (Å²) in [6.45, 7) is 4.09. The zero-order valence-electron chi connectivity index (χ0n) is 16.3. The highest BCUT2D eigenvalue weighted by Crippen LogP contribution is 2.19. The van der Waals surface area contributed by atoms with Crippen LogP contribution in [0, 0.1) is 0 Å². The second kappa shape index (κ2) is 8.32. The fourth-order valence-corrected chi connectivity index (χ4v) is 3.38. The van der Waals surface area contributed by atoms with Crippen LogP contribution in [0.5, 0.6) is 0 Å². The van der Waals surface area contributed by atoms with Crippen LogP contribution in [0.2, 0.25) is 0 Å². The number of amides is 1. The number of fused-ring (bicyclic) bond motifs is 1. The molecule has 2 heterocycles. The Labute approximate surface area is 169 Å². The predicted molar refractivity (Wildman–Crippen MR) is 116 cm³/mol. The van der Waals surface area contributed by atoms with Gasteiger partial charge in [0.15, 0.2) is 5.43 Å². The van der Waals surface area contributed by atoms with Gasteiger partial charge in [-0.15, -0.1) is 0 Å².